The minimum absolute atomic E-state index is 0.0371. The predicted molar refractivity (Wildman–Crippen MR) is 120 cm³/mol. The van der Waals surface area contributed by atoms with Crippen LogP contribution in [0.1, 0.15) is 11.1 Å². The lowest BCUT2D eigenvalue weighted by atomic mass is 10.1. The summed E-state index contributed by atoms with van der Waals surface area (Å²) in [5.41, 5.74) is 0.546. The fourth-order valence-electron chi connectivity index (χ4n) is 2.55. The second kappa shape index (κ2) is 11.3. The average Bonchev–Trinajstić information content (AvgIpc) is 3.23. The van der Waals surface area contributed by atoms with Gasteiger partial charge in [0.05, 0.1) is 23.7 Å². The monoisotopic (exact) mass is 494 g/mol. The standard InChI is InChI=1S/C20H16F2N4O5S2/c1-30-15-9-13(14(26(28)29)10-16(15)31-18(21)22)7-8-17(27)23-19-24-25-20(33-19)32-11-12-5-3-2-4-6-12/h2-10,18H,11H2,1H3,(H,23,24,27)/b8-7+. The topological polar surface area (TPSA) is 116 Å². The molecule has 0 atom stereocenters. The Kier molecular flexibility index (Phi) is 8.27. The molecular weight excluding hydrogens is 478 g/mol. The van der Waals surface area contributed by atoms with Gasteiger partial charge in [-0.25, -0.2) is 0 Å². The lowest BCUT2D eigenvalue weighted by Gasteiger charge is -2.10. The second-order valence-electron chi connectivity index (χ2n) is 6.17. The molecule has 1 amide bonds. The SMILES string of the molecule is COc1cc(/C=C/C(=O)Nc2nnc(SCc3ccccc3)s2)c([N+](=O)[O-])cc1OC(F)F. The number of nitro groups is 1. The fraction of sp³-hybridized carbons (Fsp3) is 0.150. The molecule has 0 bridgehead atoms. The minimum Gasteiger partial charge on any atom is -0.493 e. The van der Waals surface area contributed by atoms with Crippen LogP contribution in [0, 0.1) is 10.1 Å². The summed E-state index contributed by atoms with van der Waals surface area (Å²) in [5.74, 6) is -0.549. The lowest BCUT2D eigenvalue weighted by molar-refractivity contribution is -0.385. The number of benzene rings is 2. The first-order valence-corrected chi connectivity index (χ1v) is 11.0. The maximum Gasteiger partial charge on any atom is 0.387 e. The molecule has 0 aliphatic heterocycles. The smallest absolute Gasteiger partial charge is 0.387 e. The number of nitrogens with one attached hydrogen (secondary N) is 1. The number of amides is 1. The van der Waals surface area contributed by atoms with Crippen molar-refractivity contribution in [3.8, 4) is 11.5 Å². The number of hydrogen-bond acceptors (Lipinski definition) is 9. The summed E-state index contributed by atoms with van der Waals surface area (Å²) in [5, 5.41) is 22.0. The van der Waals surface area contributed by atoms with Crippen LogP contribution >= 0.6 is 23.1 Å². The van der Waals surface area contributed by atoms with Gasteiger partial charge < -0.3 is 9.47 Å². The first-order chi connectivity index (χ1) is 15.9. The van der Waals surface area contributed by atoms with E-state index in [2.05, 4.69) is 20.3 Å². The van der Waals surface area contributed by atoms with Crippen molar-refractivity contribution < 1.29 is 28.0 Å². The maximum atomic E-state index is 12.5. The molecule has 13 heteroatoms. The van der Waals surface area contributed by atoms with E-state index < -0.39 is 28.9 Å². The number of alkyl halides is 2. The zero-order chi connectivity index (χ0) is 23.8. The molecule has 0 aliphatic carbocycles. The van der Waals surface area contributed by atoms with E-state index in [1.807, 2.05) is 30.3 Å². The van der Waals surface area contributed by atoms with Gasteiger partial charge in [0, 0.05) is 11.8 Å². The molecule has 3 rings (SSSR count). The Hall–Kier alpha value is -3.58. The van der Waals surface area contributed by atoms with Gasteiger partial charge in [-0.1, -0.05) is 53.4 Å². The summed E-state index contributed by atoms with van der Waals surface area (Å²) in [6.07, 6.45) is 2.21. The third-order valence-corrected chi connectivity index (χ3v) is 6.02. The van der Waals surface area contributed by atoms with E-state index in [0.29, 0.717) is 10.1 Å². The van der Waals surface area contributed by atoms with Crippen LogP contribution in [0.2, 0.25) is 0 Å². The average molecular weight is 495 g/mol. The third kappa shape index (κ3) is 6.95. The van der Waals surface area contributed by atoms with Gasteiger partial charge in [0.15, 0.2) is 15.8 Å². The lowest BCUT2D eigenvalue weighted by Crippen LogP contribution is -2.07. The fourth-order valence-corrected chi connectivity index (χ4v) is 4.27. The van der Waals surface area contributed by atoms with E-state index in [1.165, 1.54) is 30.2 Å². The van der Waals surface area contributed by atoms with Crippen molar-refractivity contribution in [1.82, 2.24) is 10.2 Å². The van der Waals surface area contributed by atoms with Gasteiger partial charge >= 0.3 is 6.61 Å². The van der Waals surface area contributed by atoms with Gasteiger partial charge in [-0.3, -0.25) is 20.2 Å². The highest BCUT2D eigenvalue weighted by molar-refractivity contribution is 8.00. The first-order valence-electron chi connectivity index (χ1n) is 9.16. The highest BCUT2D eigenvalue weighted by Gasteiger charge is 2.20. The number of halogens is 2. The quantitative estimate of drug-likeness (QED) is 0.138. The number of nitro benzene ring substituents is 1. The summed E-state index contributed by atoms with van der Waals surface area (Å²) >= 11 is 2.65. The summed E-state index contributed by atoms with van der Waals surface area (Å²) < 4.78 is 34.9. The molecule has 1 aromatic heterocycles. The Balaban J connectivity index is 1.67. The summed E-state index contributed by atoms with van der Waals surface area (Å²) in [7, 11) is 1.20. The highest BCUT2D eigenvalue weighted by Crippen LogP contribution is 2.36. The zero-order valence-electron chi connectivity index (χ0n) is 16.9. The molecule has 0 saturated carbocycles. The van der Waals surface area contributed by atoms with Crippen LogP contribution < -0.4 is 14.8 Å². The molecule has 1 heterocycles. The molecule has 0 fully saturated rings. The summed E-state index contributed by atoms with van der Waals surface area (Å²) in [6.45, 7) is -3.19. The second-order valence-corrected chi connectivity index (χ2v) is 8.37. The molecule has 0 spiro atoms. The minimum atomic E-state index is -3.19. The Morgan fingerprint density at radius 3 is 2.70 bits per heavy atom. The molecule has 2 aromatic carbocycles. The first kappa shape index (κ1) is 24.1. The Labute approximate surface area is 194 Å². The van der Waals surface area contributed by atoms with Gasteiger partial charge in [0.25, 0.3) is 5.69 Å². The van der Waals surface area contributed by atoms with Gasteiger partial charge in [0.2, 0.25) is 11.0 Å². The number of hydrogen-bond donors (Lipinski definition) is 1. The van der Waals surface area contributed by atoms with Gasteiger partial charge in [-0.2, -0.15) is 8.78 Å². The number of carbonyl (C=O) groups is 1. The Morgan fingerprint density at radius 1 is 1.27 bits per heavy atom. The maximum absolute atomic E-state index is 12.5. The van der Waals surface area contributed by atoms with E-state index in [0.717, 1.165) is 29.8 Å². The molecule has 172 valence electrons. The van der Waals surface area contributed by atoms with E-state index in [4.69, 9.17) is 4.74 Å². The van der Waals surface area contributed by atoms with Crippen LogP contribution in [0.3, 0.4) is 0 Å². The molecule has 0 saturated heterocycles. The molecule has 9 nitrogen and oxygen atoms in total. The van der Waals surface area contributed by atoms with Gasteiger partial charge in [0.1, 0.15) is 0 Å². The van der Waals surface area contributed by atoms with Gasteiger partial charge in [-0.05, 0) is 17.7 Å². The van der Waals surface area contributed by atoms with E-state index in [1.54, 1.807) is 0 Å². The number of nitrogens with zero attached hydrogens (tertiary/aromatic N) is 3. The summed E-state index contributed by atoms with van der Waals surface area (Å²) in [6, 6.07) is 11.7. The Morgan fingerprint density at radius 2 is 2.03 bits per heavy atom. The molecule has 3 aromatic rings. The molecular formula is C20H16F2N4O5S2. The van der Waals surface area contributed by atoms with Crippen molar-refractivity contribution in [1.29, 1.82) is 0 Å². The van der Waals surface area contributed by atoms with E-state index >= 15 is 0 Å². The van der Waals surface area contributed by atoms with E-state index in [-0.39, 0.29) is 16.4 Å². The Bertz CT molecular complexity index is 1160. The third-order valence-electron chi connectivity index (χ3n) is 3.98. The number of anilines is 1. The molecule has 0 aliphatic rings. The van der Waals surface area contributed by atoms with Crippen molar-refractivity contribution in [2.75, 3.05) is 12.4 Å². The molecule has 0 radical (unpaired) electrons. The number of aromatic nitrogens is 2. The van der Waals surface area contributed by atoms with Gasteiger partial charge in [-0.15, -0.1) is 10.2 Å². The van der Waals surface area contributed by atoms with Crippen molar-refractivity contribution in [3.63, 3.8) is 0 Å². The van der Waals surface area contributed by atoms with Crippen LogP contribution in [0.15, 0.2) is 52.9 Å². The number of thioether (sulfide) groups is 1. The van der Waals surface area contributed by atoms with Crippen molar-refractivity contribution in [3.05, 3.63) is 69.8 Å². The number of methoxy groups -OCH3 is 1. The van der Waals surface area contributed by atoms with Crippen molar-refractivity contribution in [2.45, 2.75) is 16.7 Å². The van der Waals surface area contributed by atoms with Crippen LogP contribution in [0.5, 0.6) is 11.5 Å². The van der Waals surface area contributed by atoms with Crippen LogP contribution in [0.25, 0.3) is 6.08 Å². The van der Waals surface area contributed by atoms with Crippen LogP contribution in [-0.2, 0) is 10.5 Å². The molecule has 33 heavy (non-hydrogen) atoms. The van der Waals surface area contributed by atoms with Crippen molar-refractivity contribution >= 4 is 45.9 Å². The number of ether oxygens (including phenoxy) is 2. The zero-order valence-corrected chi connectivity index (χ0v) is 18.6. The molecule has 0 unspecified atom stereocenters. The van der Waals surface area contributed by atoms with Crippen molar-refractivity contribution in [2.24, 2.45) is 0 Å². The highest BCUT2D eigenvalue weighted by atomic mass is 32.2. The van der Waals surface area contributed by atoms with E-state index in [9.17, 15) is 23.7 Å². The normalized spacial score (nSPS) is 11.0. The predicted octanol–water partition coefficient (Wildman–Crippen LogP) is 5.00. The summed E-state index contributed by atoms with van der Waals surface area (Å²) in [4.78, 5) is 22.8. The number of rotatable bonds is 10. The van der Waals surface area contributed by atoms with Crippen LogP contribution in [-0.4, -0.2) is 34.7 Å². The number of carbonyl (C=O) groups excluding carboxylic acids is 1. The van der Waals surface area contributed by atoms with Crippen LogP contribution in [0.4, 0.5) is 19.6 Å². The molecule has 1 N–H and O–H groups in total. The largest absolute Gasteiger partial charge is 0.493 e.